The lowest BCUT2D eigenvalue weighted by molar-refractivity contribution is 0.0936. The highest BCUT2D eigenvalue weighted by molar-refractivity contribution is 5.95. The topological polar surface area (TPSA) is 61.4 Å². The monoisotopic (exact) mass is 317 g/mol. The molecule has 6 heteroatoms. The molecule has 1 aromatic heterocycles. The highest BCUT2D eigenvalue weighted by Crippen LogP contribution is 2.19. The molecule has 1 aliphatic heterocycles. The third-order valence-electron chi connectivity index (χ3n) is 5.00. The second kappa shape index (κ2) is 7.25. The van der Waals surface area contributed by atoms with Crippen molar-refractivity contribution in [3.63, 3.8) is 0 Å². The van der Waals surface area contributed by atoms with Gasteiger partial charge in [0.05, 0.1) is 11.3 Å². The molecule has 0 spiro atoms. The van der Waals surface area contributed by atoms with Gasteiger partial charge in [-0.1, -0.05) is 19.8 Å². The number of rotatable bonds is 4. The smallest absolute Gasteiger partial charge is 0.254 e. The van der Waals surface area contributed by atoms with Gasteiger partial charge in [-0.25, -0.2) is 9.97 Å². The van der Waals surface area contributed by atoms with Gasteiger partial charge in [0, 0.05) is 38.4 Å². The normalized spacial score (nSPS) is 20.0. The largest absolute Gasteiger partial charge is 0.349 e. The summed E-state index contributed by atoms with van der Waals surface area (Å²) in [5.41, 5.74) is 1.37. The van der Waals surface area contributed by atoms with Crippen LogP contribution >= 0.6 is 0 Å². The summed E-state index contributed by atoms with van der Waals surface area (Å²) in [4.78, 5) is 26.0. The average Bonchev–Trinajstić information content (AvgIpc) is 3.07. The Morgan fingerprint density at radius 3 is 2.57 bits per heavy atom. The van der Waals surface area contributed by atoms with Crippen LogP contribution < -0.4 is 10.2 Å². The maximum absolute atomic E-state index is 12.4. The Morgan fingerprint density at radius 2 is 1.96 bits per heavy atom. The molecule has 2 fully saturated rings. The van der Waals surface area contributed by atoms with Crippen LogP contribution in [0, 0.1) is 6.92 Å². The Kier molecular flexibility index (Phi) is 5.10. The van der Waals surface area contributed by atoms with Crippen molar-refractivity contribution in [2.75, 3.05) is 37.6 Å². The molecule has 2 heterocycles. The molecule has 0 aromatic carbocycles. The lowest BCUT2D eigenvalue weighted by atomic mass is 10.2. The molecule has 1 N–H and O–H groups in total. The summed E-state index contributed by atoms with van der Waals surface area (Å²) in [6, 6.07) is 0.323. The van der Waals surface area contributed by atoms with E-state index in [0.29, 0.717) is 11.6 Å². The van der Waals surface area contributed by atoms with Crippen LogP contribution in [0.4, 0.5) is 5.95 Å². The van der Waals surface area contributed by atoms with E-state index in [2.05, 4.69) is 32.0 Å². The fourth-order valence-corrected chi connectivity index (χ4v) is 3.43. The Bertz CT molecular complexity index is 548. The summed E-state index contributed by atoms with van der Waals surface area (Å²) < 4.78 is 0. The zero-order valence-electron chi connectivity index (χ0n) is 14.2. The van der Waals surface area contributed by atoms with E-state index in [4.69, 9.17) is 0 Å². The van der Waals surface area contributed by atoms with Gasteiger partial charge in [-0.3, -0.25) is 4.79 Å². The Balaban J connectivity index is 1.64. The van der Waals surface area contributed by atoms with Crippen molar-refractivity contribution < 1.29 is 4.79 Å². The molecule has 0 atom stereocenters. The van der Waals surface area contributed by atoms with Crippen LogP contribution in [0.15, 0.2) is 6.20 Å². The van der Waals surface area contributed by atoms with E-state index in [1.807, 2.05) is 6.92 Å². The molecule has 0 unspecified atom stereocenters. The molecule has 23 heavy (non-hydrogen) atoms. The molecular formula is C17H27N5O. The van der Waals surface area contributed by atoms with Crippen LogP contribution in [0.1, 0.15) is 48.7 Å². The van der Waals surface area contributed by atoms with Gasteiger partial charge >= 0.3 is 0 Å². The number of hydrogen-bond donors (Lipinski definition) is 1. The molecule has 0 bridgehead atoms. The quantitative estimate of drug-likeness (QED) is 0.914. The summed E-state index contributed by atoms with van der Waals surface area (Å²) in [7, 11) is 0. The van der Waals surface area contributed by atoms with Gasteiger partial charge < -0.3 is 15.1 Å². The van der Waals surface area contributed by atoms with Crippen molar-refractivity contribution in [3.8, 4) is 0 Å². The Hall–Kier alpha value is -1.69. The Labute approximate surface area is 138 Å². The number of carbonyl (C=O) groups excluding carboxylic acids is 1. The highest BCUT2D eigenvalue weighted by Gasteiger charge is 2.22. The second-order valence-electron chi connectivity index (χ2n) is 6.55. The van der Waals surface area contributed by atoms with Crippen molar-refractivity contribution in [1.82, 2.24) is 20.2 Å². The predicted molar refractivity (Wildman–Crippen MR) is 90.8 cm³/mol. The zero-order valence-corrected chi connectivity index (χ0v) is 14.2. The van der Waals surface area contributed by atoms with E-state index < -0.39 is 0 Å². The zero-order chi connectivity index (χ0) is 16.2. The first kappa shape index (κ1) is 16.2. The molecule has 3 rings (SSSR count). The van der Waals surface area contributed by atoms with E-state index in [1.165, 1.54) is 12.8 Å². The van der Waals surface area contributed by atoms with Crippen molar-refractivity contribution >= 4 is 11.9 Å². The maximum atomic E-state index is 12.4. The number of amides is 1. The van der Waals surface area contributed by atoms with Crippen molar-refractivity contribution in [2.24, 2.45) is 0 Å². The van der Waals surface area contributed by atoms with E-state index in [9.17, 15) is 4.79 Å². The fraction of sp³-hybridized carbons (Fsp3) is 0.706. The number of aryl methyl sites for hydroxylation is 1. The van der Waals surface area contributed by atoms with Crippen LogP contribution in [-0.4, -0.2) is 59.5 Å². The van der Waals surface area contributed by atoms with Gasteiger partial charge in [-0.05, 0) is 26.3 Å². The molecular weight excluding hydrogens is 290 g/mol. The molecule has 6 nitrogen and oxygen atoms in total. The van der Waals surface area contributed by atoms with Crippen molar-refractivity contribution in [2.45, 2.75) is 45.6 Å². The second-order valence-corrected chi connectivity index (χ2v) is 6.55. The van der Waals surface area contributed by atoms with Crippen LogP contribution in [-0.2, 0) is 0 Å². The molecule has 1 aromatic rings. The maximum Gasteiger partial charge on any atom is 0.254 e. The van der Waals surface area contributed by atoms with Crippen LogP contribution in [0.25, 0.3) is 0 Å². The molecule has 1 amide bonds. The van der Waals surface area contributed by atoms with Gasteiger partial charge in [0.25, 0.3) is 5.91 Å². The van der Waals surface area contributed by atoms with Crippen LogP contribution in [0.5, 0.6) is 0 Å². The fourth-order valence-electron chi connectivity index (χ4n) is 3.43. The van der Waals surface area contributed by atoms with Crippen molar-refractivity contribution in [3.05, 3.63) is 17.5 Å². The highest BCUT2D eigenvalue weighted by atomic mass is 16.1. The first-order valence-electron chi connectivity index (χ1n) is 8.79. The standard InChI is InChI=1S/C17H27N5O/c1-3-21-8-10-22(11-9-21)17-18-12-15(13(2)19-17)16(23)20-14-6-4-5-7-14/h12,14H,3-11H2,1-2H3,(H,20,23). The van der Waals surface area contributed by atoms with Gasteiger partial charge in [0.1, 0.15) is 0 Å². The van der Waals surface area contributed by atoms with Gasteiger partial charge in [-0.15, -0.1) is 0 Å². The number of anilines is 1. The molecule has 1 saturated heterocycles. The summed E-state index contributed by atoms with van der Waals surface area (Å²) in [5.74, 6) is 0.715. The van der Waals surface area contributed by atoms with Gasteiger partial charge in [-0.2, -0.15) is 0 Å². The number of nitrogens with one attached hydrogen (secondary N) is 1. The first-order valence-corrected chi connectivity index (χ1v) is 8.79. The van der Waals surface area contributed by atoms with Gasteiger partial charge in [0.15, 0.2) is 0 Å². The number of carbonyl (C=O) groups is 1. The molecule has 2 aliphatic rings. The SMILES string of the molecule is CCN1CCN(c2ncc(C(=O)NC3CCCC3)c(C)n2)CC1. The summed E-state index contributed by atoms with van der Waals surface area (Å²) in [6.45, 7) is 9.16. The minimum atomic E-state index is -0.0308. The summed E-state index contributed by atoms with van der Waals surface area (Å²) in [6.07, 6.45) is 6.29. The number of piperazine rings is 1. The minimum Gasteiger partial charge on any atom is -0.349 e. The molecule has 1 saturated carbocycles. The lowest BCUT2D eigenvalue weighted by Gasteiger charge is -2.34. The van der Waals surface area contributed by atoms with Gasteiger partial charge in [0.2, 0.25) is 5.95 Å². The lowest BCUT2D eigenvalue weighted by Crippen LogP contribution is -2.46. The van der Waals surface area contributed by atoms with E-state index in [1.54, 1.807) is 6.20 Å². The summed E-state index contributed by atoms with van der Waals surface area (Å²) >= 11 is 0. The van der Waals surface area contributed by atoms with E-state index in [0.717, 1.165) is 57.2 Å². The first-order chi connectivity index (χ1) is 11.2. The van der Waals surface area contributed by atoms with Crippen LogP contribution in [0.3, 0.4) is 0 Å². The minimum absolute atomic E-state index is 0.0308. The number of aromatic nitrogens is 2. The number of hydrogen-bond acceptors (Lipinski definition) is 5. The average molecular weight is 317 g/mol. The molecule has 126 valence electrons. The molecule has 1 aliphatic carbocycles. The Morgan fingerprint density at radius 1 is 1.26 bits per heavy atom. The van der Waals surface area contributed by atoms with Crippen molar-refractivity contribution in [1.29, 1.82) is 0 Å². The van der Waals surface area contributed by atoms with E-state index >= 15 is 0 Å². The number of nitrogens with zero attached hydrogens (tertiary/aromatic N) is 4. The molecule has 0 radical (unpaired) electrons. The van der Waals surface area contributed by atoms with Crippen LogP contribution in [0.2, 0.25) is 0 Å². The third-order valence-corrected chi connectivity index (χ3v) is 5.00. The summed E-state index contributed by atoms with van der Waals surface area (Å²) in [5, 5.41) is 3.11. The predicted octanol–water partition coefficient (Wildman–Crippen LogP) is 1.60. The van der Waals surface area contributed by atoms with E-state index in [-0.39, 0.29) is 5.91 Å². The number of likely N-dealkylation sites (N-methyl/N-ethyl adjacent to an activating group) is 1. The third kappa shape index (κ3) is 3.80.